The molecule has 1 N–H and O–H groups in total. The quantitative estimate of drug-likeness (QED) is 0.859. The molecule has 0 aliphatic heterocycles. The van der Waals surface area contributed by atoms with Crippen LogP contribution in [-0.2, 0) is 11.2 Å². The third-order valence-corrected chi connectivity index (χ3v) is 2.86. The molecule has 1 atom stereocenters. The van der Waals surface area contributed by atoms with Crippen molar-refractivity contribution in [3.05, 3.63) is 29.8 Å². The molecule has 110 valence electrons. The molecule has 0 fully saturated rings. The van der Waals surface area contributed by atoms with Crippen LogP contribution in [0.4, 0.5) is 0 Å². The molecule has 3 nitrogen and oxygen atoms in total. The molecule has 0 bridgehead atoms. The van der Waals surface area contributed by atoms with Gasteiger partial charge in [-0.3, -0.25) is 4.79 Å². The molecule has 0 heterocycles. The number of methoxy groups -OCH3 is 1. The molecule has 0 aliphatic rings. The van der Waals surface area contributed by atoms with Crippen LogP contribution < -0.4 is 10.1 Å². The predicted molar refractivity (Wildman–Crippen MR) is 82.9 cm³/mol. The monoisotopic (exact) mass is 267 g/mol. The van der Waals surface area contributed by atoms with E-state index >= 15 is 0 Å². The first-order valence-corrected chi connectivity index (χ1v) is 6.92. The summed E-state index contributed by atoms with van der Waals surface area (Å²) in [6.07, 6.45) is 0.720. The third kappa shape index (κ3) is 5.88. The van der Waals surface area contributed by atoms with Gasteiger partial charge in [-0.25, -0.2) is 0 Å². The molecule has 0 saturated heterocycles. The lowest BCUT2D eigenvalue weighted by atomic mass is 9.96. The maximum atomic E-state index is 11.9. The minimum Gasteiger partial charge on any atom is -0.497 e. The van der Waals surface area contributed by atoms with Crippen molar-refractivity contribution in [2.45, 2.75) is 40.2 Å². The number of hydrogen-bond acceptors (Lipinski definition) is 3. The lowest BCUT2D eigenvalue weighted by Gasteiger charge is -2.17. The van der Waals surface area contributed by atoms with E-state index in [1.165, 1.54) is 0 Å². The van der Waals surface area contributed by atoms with Crippen molar-refractivity contribution in [1.82, 2.24) is 5.32 Å². The summed E-state index contributed by atoms with van der Waals surface area (Å²) in [5.74, 6) is 1.15. The van der Waals surface area contributed by atoms with E-state index in [0.717, 1.165) is 17.7 Å². The van der Waals surface area contributed by atoms with Gasteiger partial charge in [-0.2, -0.15) is 0 Å². The molecule has 0 amide bonds. The molecule has 0 radical (unpaired) electrons. The first-order valence-electron chi connectivity index (χ1n) is 6.92. The molecule has 0 saturated carbocycles. The standard InChI is InChI=1S/C14H21NO2.C2H6.H2/c1-10(2)14(16)13(15-3)9-11-5-7-12(17-4)8-6-11;1-2;/h5-8,10,13,15H,9H2,1-4H3;1-2H3;1H/t13-;;/m0../s1. The number of Topliss-reactive ketones (excluding diaryl/α,β-unsaturated/α-hetero) is 1. The van der Waals surface area contributed by atoms with E-state index in [1.54, 1.807) is 7.11 Å². The van der Waals surface area contributed by atoms with Gasteiger partial charge in [-0.15, -0.1) is 0 Å². The fourth-order valence-corrected chi connectivity index (χ4v) is 1.74. The molecule has 1 aromatic rings. The Hall–Kier alpha value is -1.35. The van der Waals surface area contributed by atoms with Crippen LogP contribution in [0.1, 0.15) is 34.7 Å². The summed E-state index contributed by atoms with van der Waals surface area (Å²) >= 11 is 0. The number of hydrogen-bond donors (Lipinski definition) is 1. The highest BCUT2D eigenvalue weighted by Gasteiger charge is 2.19. The summed E-state index contributed by atoms with van der Waals surface area (Å²) in [4.78, 5) is 11.9. The van der Waals surface area contributed by atoms with Crippen molar-refractivity contribution < 1.29 is 11.0 Å². The number of benzene rings is 1. The van der Waals surface area contributed by atoms with Crippen LogP contribution in [-0.4, -0.2) is 26.0 Å². The Kier molecular flexibility index (Phi) is 8.88. The normalized spacial score (nSPS) is 11.5. The summed E-state index contributed by atoms with van der Waals surface area (Å²) in [5.41, 5.74) is 1.14. The van der Waals surface area contributed by atoms with Crippen LogP contribution in [0.25, 0.3) is 0 Å². The van der Waals surface area contributed by atoms with E-state index in [0.29, 0.717) is 0 Å². The number of ketones is 1. The molecule has 1 rings (SSSR count). The Bertz CT molecular complexity index is 363. The van der Waals surface area contributed by atoms with Gasteiger partial charge in [0.05, 0.1) is 13.2 Å². The third-order valence-electron chi connectivity index (χ3n) is 2.86. The average Bonchev–Trinajstić information content (AvgIpc) is 2.46. The maximum Gasteiger partial charge on any atom is 0.152 e. The lowest BCUT2D eigenvalue weighted by Crippen LogP contribution is -2.38. The first-order chi connectivity index (χ1) is 9.08. The molecular formula is C16H29NO2. The Balaban J connectivity index is 0. The number of nitrogens with one attached hydrogen (secondary N) is 1. The predicted octanol–water partition coefficient (Wildman–Crippen LogP) is 3.32. The number of rotatable bonds is 6. The van der Waals surface area contributed by atoms with Gasteiger partial charge in [-0.1, -0.05) is 39.8 Å². The SMILES string of the molecule is CC.CN[C@@H](Cc1ccc(OC)cc1)C(=O)C(C)C.[HH]. The smallest absolute Gasteiger partial charge is 0.152 e. The first kappa shape index (κ1) is 17.6. The second kappa shape index (κ2) is 9.56. The van der Waals surface area contributed by atoms with Crippen molar-refractivity contribution >= 4 is 5.78 Å². The van der Waals surface area contributed by atoms with Crippen LogP contribution >= 0.6 is 0 Å². The highest BCUT2D eigenvalue weighted by atomic mass is 16.5. The number of ether oxygens (including phenoxy) is 1. The van der Waals surface area contributed by atoms with Crippen molar-refractivity contribution in [2.75, 3.05) is 14.2 Å². The van der Waals surface area contributed by atoms with Crippen LogP contribution in [0.15, 0.2) is 24.3 Å². The number of carbonyl (C=O) groups excluding carboxylic acids is 1. The van der Waals surface area contributed by atoms with Crippen LogP contribution in [0.5, 0.6) is 5.75 Å². The van der Waals surface area contributed by atoms with Gasteiger partial charge in [0.25, 0.3) is 0 Å². The molecule has 3 heteroatoms. The van der Waals surface area contributed by atoms with Gasteiger partial charge in [0, 0.05) is 7.34 Å². The van der Waals surface area contributed by atoms with E-state index in [9.17, 15) is 4.79 Å². The topological polar surface area (TPSA) is 38.3 Å². The van der Waals surface area contributed by atoms with Crippen molar-refractivity contribution in [2.24, 2.45) is 5.92 Å². The second-order valence-corrected chi connectivity index (χ2v) is 4.45. The second-order valence-electron chi connectivity index (χ2n) is 4.45. The van der Waals surface area contributed by atoms with Crippen LogP contribution in [0.3, 0.4) is 0 Å². The fraction of sp³-hybridized carbons (Fsp3) is 0.562. The minimum atomic E-state index is -0.108. The summed E-state index contributed by atoms with van der Waals surface area (Å²) < 4.78 is 5.10. The molecular weight excluding hydrogens is 238 g/mol. The van der Waals surface area contributed by atoms with Gasteiger partial charge in [0.2, 0.25) is 0 Å². The zero-order chi connectivity index (χ0) is 14.8. The van der Waals surface area contributed by atoms with Gasteiger partial charge in [0.1, 0.15) is 5.75 Å². The molecule has 19 heavy (non-hydrogen) atoms. The Morgan fingerprint density at radius 3 is 2.16 bits per heavy atom. The molecule has 0 aliphatic carbocycles. The van der Waals surface area contributed by atoms with E-state index in [1.807, 2.05) is 59.0 Å². The van der Waals surface area contributed by atoms with Gasteiger partial charge in [-0.05, 0) is 31.2 Å². The Labute approximate surface area is 118 Å². The van der Waals surface area contributed by atoms with Gasteiger partial charge < -0.3 is 10.1 Å². The molecule has 0 spiro atoms. The zero-order valence-electron chi connectivity index (χ0n) is 13.0. The van der Waals surface area contributed by atoms with E-state index < -0.39 is 0 Å². The summed E-state index contributed by atoms with van der Waals surface area (Å²) in [6, 6.07) is 7.72. The largest absolute Gasteiger partial charge is 0.497 e. The minimum absolute atomic E-state index is 0. The molecule has 0 unspecified atom stereocenters. The molecule has 1 aromatic carbocycles. The van der Waals surface area contributed by atoms with Crippen molar-refractivity contribution in [3.8, 4) is 5.75 Å². The van der Waals surface area contributed by atoms with E-state index in [4.69, 9.17) is 4.74 Å². The maximum absolute atomic E-state index is 11.9. The summed E-state index contributed by atoms with van der Waals surface area (Å²) in [5, 5.41) is 3.08. The van der Waals surface area contributed by atoms with Crippen LogP contribution in [0, 0.1) is 5.92 Å². The van der Waals surface area contributed by atoms with Gasteiger partial charge >= 0.3 is 0 Å². The van der Waals surface area contributed by atoms with E-state index in [2.05, 4.69) is 5.32 Å². The zero-order valence-corrected chi connectivity index (χ0v) is 13.0. The lowest BCUT2D eigenvalue weighted by molar-refractivity contribution is -0.123. The molecule has 0 aromatic heterocycles. The van der Waals surface area contributed by atoms with Crippen molar-refractivity contribution in [3.63, 3.8) is 0 Å². The van der Waals surface area contributed by atoms with Crippen molar-refractivity contribution in [1.29, 1.82) is 0 Å². The van der Waals surface area contributed by atoms with E-state index in [-0.39, 0.29) is 19.2 Å². The number of likely N-dealkylation sites (N-methyl/N-ethyl adjacent to an activating group) is 1. The fourth-order valence-electron chi connectivity index (χ4n) is 1.74. The Morgan fingerprint density at radius 1 is 1.26 bits per heavy atom. The van der Waals surface area contributed by atoms with Crippen LogP contribution in [0.2, 0.25) is 0 Å². The number of carbonyl (C=O) groups is 1. The highest BCUT2D eigenvalue weighted by Crippen LogP contribution is 2.14. The van der Waals surface area contributed by atoms with Gasteiger partial charge in [0.15, 0.2) is 5.78 Å². The summed E-state index contributed by atoms with van der Waals surface area (Å²) in [6.45, 7) is 7.86. The highest BCUT2D eigenvalue weighted by molar-refractivity contribution is 5.85. The Morgan fingerprint density at radius 2 is 1.79 bits per heavy atom. The average molecular weight is 267 g/mol. The summed E-state index contributed by atoms with van der Waals surface area (Å²) in [7, 11) is 3.47.